The Kier molecular flexibility index (Phi) is 1.72. The number of hydrogen-bond donors (Lipinski definition) is 2. The minimum Gasteiger partial charge on any atom is -0.508 e. The minimum absolute atomic E-state index is 0.126. The summed E-state index contributed by atoms with van der Waals surface area (Å²) in [6.45, 7) is 4.35. The van der Waals surface area contributed by atoms with Crippen LogP contribution in [0.15, 0.2) is 18.2 Å². The van der Waals surface area contributed by atoms with E-state index in [-0.39, 0.29) is 5.54 Å². The van der Waals surface area contributed by atoms with Crippen LogP contribution in [0.1, 0.15) is 25.8 Å². The Morgan fingerprint density at radius 1 is 1.54 bits per heavy atom. The van der Waals surface area contributed by atoms with Crippen molar-refractivity contribution in [3.05, 3.63) is 23.8 Å². The summed E-state index contributed by atoms with van der Waals surface area (Å²) in [7, 11) is 0. The van der Waals surface area contributed by atoms with Gasteiger partial charge >= 0.3 is 0 Å². The minimum atomic E-state index is 0.126. The summed E-state index contributed by atoms with van der Waals surface area (Å²) in [5.74, 6) is 0.419. The summed E-state index contributed by atoms with van der Waals surface area (Å²) >= 11 is 0. The van der Waals surface area contributed by atoms with E-state index in [2.05, 4.69) is 19.2 Å². The van der Waals surface area contributed by atoms with Crippen molar-refractivity contribution < 1.29 is 5.11 Å². The molecular weight excluding hydrogens is 162 g/mol. The molecule has 1 aliphatic heterocycles. The van der Waals surface area contributed by atoms with Gasteiger partial charge in [0.15, 0.2) is 0 Å². The van der Waals surface area contributed by atoms with Gasteiger partial charge in [0.25, 0.3) is 0 Å². The molecule has 0 saturated carbocycles. The Morgan fingerprint density at radius 3 is 2.92 bits per heavy atom. The van der Waals surface area contributed by atoms with Crippen LogP contribution in [0.4, 0.5) is 5.69 Å². The predicted octanol–water partition coefficient (Wildman–Crippen LogP) is 2.53. The van der Waals surface area contributed by atoms with Gasteiger partial charge in [0, 0.05) is 23.2 Å². The highest BCUT2D eigenvalue weighted by molar-refractivity contribution is 5.63. The molecule has 1 heterocycles. The first-order chi connectivity index (χ1) is 6.14. The zero-order chi connectivity index (χ0) is 9.47. The summed E-state index contributed by atoms with van der Waals surface area (Å²) in [5, 5.41) is 13.1. The number of aromatic hydroxyl groups is 1. The van der Waals surface area contributed by atoms with Gasteiger partial charge in [0.1, 0.15) is 5.75 Å². The van der Waals surface area contributed by atoms with Crippen LogP contribution in [0.3, 0.4) is 0 Å². The van der Waals surface area contributed by atoms with Crippen LogP contribution in [0.25, 0.3) is 0 Å². The molecule has 2 heteroatoms. The zero-order valence-electron chi connectivity index (χ0n) is 8.09. The second-order valence-corrected chi connectivity index (χ2v) is 4.02. The fourth-order valence-electron chi connectivity index (χ4n) is 1.85. The van der Waals surface area contributed by atoms with Crippen molar-refractivity contribution in [1.29, 1.82) is 0 Å². The van der Waals surface area contributed by atoms with Crippen LogP contribution in [-0.2, 0) is 6.42 Å². The average Bonchev–Trinajstić information content (AvgIpc) is 2.45. The van der Waals surface area contributed by atoms with Gasteiger partial charge in [-0.1, -0.05) is 13.0 Å². The maximum absolute atomic E-state index is 9.62. The summed E-state index contributed by atoms with van der Waals surface area (Å²) in [6.07, 6.45) is 1.99. The smallest absolute Gasteiger partial charge is 0.120 e. The quantitative estimate of drug-likeness (QED) is 0.691. The SMILES string of the molecule is CCC1(C)Cc2c(O)cccc2N1. The number of benzene rings is 1. The van der Waals surface area contributed by atoms with Gasteiger partial charge in [0.2, 0.25) is 0 Å². The summed E-state index contributed by atoms with van der Waals surface area (Å²) in [4.78, 5) is 0. The van der Waals surface area contributed by atoms with Crippen molar-refractivity contribution in [2.24, 2.45) is 0 Å². The van der Waals surface area contributed by atoms with Crippen molar-refractivity contribution in [3.63, 3.8) is 0 Å². The molecule has 1 atom stereocenters. The number of anilines is 1. The lowest BCUT2D eigenvalue weighted by molar-refractivity contribution is 0.458. The third-order valence-corrected chi connectivity index (χ3v) is 2.94. The third-order valence-electron chi connectivity index (χ3n) is 2.94. The van der Waals surface area contributed by atoms with Gasteiger partial charge in [-0.2, -0.15) is 0 Å². The number of phenols is 1. The molecule has 2 N–H and O–H groups in total. The van der Waals surface area contributed by atoms with Crippen LogP contribution in [0.2, 0.25) is 0 Å². The molecule has 1 unspecified atom stereocenters. The van der Waals surface area contributed by atoms with Crippen molar-refractivity contribution in [2.45, 2.75) is 32.2 Å². The molecule has 1 aromatic carbocycles. The molecular formula is C11H15NO. The van der Waals surface area contributed by atoms with E-state index in [4.69, 9.17) is 0 Å². The standard InChI is InChI=1S/C11H15NO/c1-3-11(2)7-8-9(12-11)5-4-6-10(8)13/h4-6,12-13H,3,7H2,1-2H3. The van der Waals surface area contributed by atoms with E-state index >= 15 is 0 Å². The Morgan fingerprint density at radius 2 is 2.31 bits per heavy atom. The monoisotopic (exact) mass is 177 g/mol. The summed E-state index contributed by atoms with van der Waals surface area (Å²) in [6, 6.07) is 5.65. The lowest BCUT2D eigenvalue weighted by Crippen LogP contribution is -2.30. The van der Waals surface area contributed by atoms with Gasteiger partial charge in [-0.25, -0.2) is 0 Å². The van der Waals surface area contributed by atoms with Gasteiger partial charge in [-0.15, -0.1) is 0 Å². The van der Waals surface area contributed by atoms with Crippen LogP contribution >= 0.6 is 0 Å². The first-order valence-corrected chi connectivity index (χ1v) is 4.74. The highest BCUT2D eigenvalue weighted by Gasteiger charge is 2.31. The molecule has 2 rings (SSSR count). The van der Waals surface area contributed by atoms with E-state index < -0.39 is 0 Å². The average molecular weight is 177 g/mol. The second-order valence-electron chi connectivity index (χ2n) is 4.02. The number of nitrogens with one attached hydrogen (secondary N) is 1. The van der Waals surface area contributed by atoms with Crippen molar-refractivity contribution in [3.8, 4) is 5.75 Å². The molecule has 0 aromatic heterocycles. The van der Waals surface area contributed by atoms with E-state index in [1.165, 1.54) is 0 Å². The van der Waals surface area contributed by atoms with E-state index in [0.29, 0.717) is 5.75 Å². The molecule has 13 heavy (non-hydrogen) atoms. The fourth-order valence-corrected chi connectivity index (χ4v) is 1.85. The molecule has 0 amide bonds. The molecule has 0 bridgehead atoms. The fraction of sp³-hybridized carbons (Fsp3) is 0.455. The van der Waals surface area contributed by atoms with E-state index in [0.717, 1.165) is 24.1 Å². The third kappa shape index (κ3) is 1.26. The molecule has 0 saturated heterocycles. The summed E-state index contributed by atoms with van der Waals surface area (Å²) < 4.78 is 0. The molecule has 0 fully saturated rings. The van der Waals surface area contributed by atoms with Crippen molar-refractivity contribution >= 4 is 5.69 Å². The molecule has 0 spiro atoms. The molecule has 1 aromatic rings. The first-order valence-electron chi connectivity index (χ1n) is 4.74. The van der Waals surface area contributed by atoms with Crippen LogP contribution in [-0.4, -0.2) is 10.6 Å². The lowest BCUT2D eigenvalue weighted by Gasteiger charge is -2.22. The van der Waals surface area contributed by atoms with Gasteiger partial charge in [-0.05, 0) is 25.5 Å². The normalized spacial score (nSPS) is 25.4. The van der Waals surface area contributed by atoms with Crippen LogP contribution in [0.5, 0.6) is 5.75 Å². The number of phenolic OH excluding ortho intramolecular Hbond substituents is 1. The molecule has 1 aliphatic rings. The van der Waals surface area contributed by atoms with Gasteiger partial charge in [0.05, 0.1) is 0 Å². The Balaban J connectivity index is 2.40. The molecule has 0 radical (unpaired) electrons. The zero-order valence-corrected chi connectivity index (χ0v) is 8.09. The van der Waals surface area contributed by atoms with E-state index in [1.54, 1.807) is 6.07 Å². The van der Waals surface area contributed by atoms with Crippen LogP contribution < -0.4 is 5.32 Å². The topological polar surface area (TPSA) is 32.3 Å². The number of hydrogen-bond acceptors (Lipinski definition) is 2. The highest BCUT2D eigenvalue weighted by Crippen LogP contribution is 2.38. The maximum atomic E-state index is 9.62. The van der Waals surface area contributed by atoms with Gasteiger partial charge < -0.3 is 10.4 Å². The highest BCUT2D eigenvalue weighted by atomic mass is 16.3. The predicted molar refractivity (Wildman–Crippen MR) is 54.1 cm³/mol. The largest absolute Gasteiger partial charge is 0.508 e. The maximum Gasteiger partial charge on any atom is 0.120 e. The lowest BCUT2D eigenvalue weighted by atomic mass is 9.94. The Labute approximate surface area is 78.6 Å². The molecule has 0 aliphatic carbocycles. The first kappa shape index (κ1) is 8.42. The van der Waals surface area contributed by atoms with Crippen molar-refractivity contribution in [2.75, 3.05) is 5.32 Å². The Bertz CT molecular complexity index is 335. The molecule has 2 nitrogen and oxygen atoms in total. The van der Waals surface area contributed by atoms with Crippen molar-refractivity contribution in [1.82, 2.24) is 0 Å². The molecule has 70 valence electrons. The van der Waals surface area contributed by atoms with Gasteiger partial charge in [-0.3, -0.25) is 0 Å². The van der Waals surface area contributed by atoms with Crippen LogP contribution in [0, 0.1) is 0 Å². The number of fused-ring (bicyclic) bond motifs is 1. The van der Waals surface area contributed by atoms with E-state index in [1.807, 2.05) is 12.1 Å². The second kappa shape index (κ2) is 2.66. The van der Waals surface area contributed by atoms with E-state index in [9.17, 15) is 5.11 Å². The number of rotatable bonds is 1. The summed E-state index contributed by atoms with van der Waals surface area (Å²) in [5.41, 5.74) is 2.28. The Hall–Kier alpha value is -1.18.